The monoisotopic (exact) mass is 585 g/mol. The standard InChI is InChI=1S/C28H39BrF3N3O2/c1-27(2,3)15-11-9-7-5-4-6-8-10-12-16-37-20-35-25-22-14-13-21(29)17-24(22)34(19-28(30,31)32)26(36)23(25)18-33-35/h13-14,17-18H,4-12,15-16,19-20H2,1-3H3. The zero-order chi connectivity index (χ0) is 27.1. The molecule has 0 aliphatic rings. The quantitative estimate of drug-likeness (QED) is 0.178. The fourth-order valence-electron chi connectivity index (χ4n) is 4.69. The van der Waals surface area contributed by atoms with E-state index >= 15 is 0 Å². The van der Waals surface area contributed by atoms with Crippen LogP contribution in [0, 0.1) is 5.41 Å². The van der Waals surface area contributed by atoms with Crippen LogP contribution in [0.25, 0.3) is 21.8 Å². The summed E-state index contributed by atoms with van der Waals surface area (Å²) >= 11 is 3.30. The van der Waals surface area contributed by atoms with Gasteiger partial charge in [0.2, 0.25) is 0 Å². The molecule has 9 heteroatoms. The van der Waals surface area contributed by atoms with Crippen LogP contribution < -0.4 is 5.56 Å². The summed E-state index contributed by atoms with van der Waals surface area (Å²) in [7, 11) is 0. The maximum Gasteiger partial charge on any atom is 0.406 e. The number of aromatic nitrogens is 3. The topological polar surface area (TPSA) is 49.1 Å². The molecular formula is C28H39BrF3N3O2. The Bertz CT molecular complexity index is 1210. The number of hydrogen-bond donors (Lipinski definition) is 0. The number of ether oxygens (including phenoxy) is 1. The average Bonchev–Trinajstić information content (AvgIpc) is 3.22. The summed E-state index contributed by atoms with van der Waals surface area (Å²) in [5.74, 6) is 0. The third-order valence-electron chi connectivity index (χ3n) is 6.59. The van der Waals surface area contributed by atoms with E-state index < -0.39 is 18.3 Å². The van der Waals surface area contributed by atoms with Gasteiger partial charge in [0.1, 0.15) is 13.3 Å². The van der Waals surface area contributed by atoms with E-state index in [1.165, 1.54) is 63.6 Å². The second-order valence-corrected chi connectivity index (χ2v) is 12.0. The van der Waals surface area contributed by atoms with E-state index in [0.29, 0.717) is 27.4 Å². The Hall–Kier alpha value is -1.87. The molecule has 0 unspecified atom stereocenters. The zero-order valence-corrected chi connectivity index (χ0v) is 23.8. The summed E-state index contributed by atoms with van der Waals surface area (Å²) in [5.41, 5.74) is 0.433. The lowest BCUT2D eigenvalue weighted by atomic mass is 9.89. The predicted octanol–water partition coefficient (Wildman–Crippen LogP) is 8.60. The molecule has 2 heterocycles. The Kier molecular flexibility index (Phi) is 10.6. The average molecular weight is 587 g/mol. The van der Waals surface area contributed by atoms with Gasteiger partial charge in [-0.15, -0.1) is 0 Å². The van der Waals surface area contributed by atoms with Crippen molar-refractivity contribution in [2.45, 2.75) is 104 Å². The summed E-state index contributed by atoms with van der Waals surface area (Å²) in [6.07, 6.45) is 9.15. The fraction of sp³-hybridized carbons (Fsp3) is 0.643. The fourth-order valence-corrected chi connectivity index (χ4v) is 5.04. The Morgan fingerprint density at radius 2 is 1.54 bits per heavy atom. The minimum Gasteiger partial charge on any atom is -0.359 e. The highest BCUT2D eigenvalue weighted by atomic mass is 79.9. The van der Waals surface area contributed by atoms with E-state index in [9.17, 15) is 18.0 Å². The summed E-state index contributed by atoms with van der Waals surface area (Å²) in [5, 5.41) is 4.94. The highest BCUT2D eigenvalue weighted by Crippen LogP contribution is 2.28. The summed E-state index contributed by atoms with van der Waals surface area (Å²) in [4.78, 5) is 12.9. The molecule has 0 bridgehead atoms. The molecule has 0 spiro atoms. The lowest BCUT2D eigenvalue weighted by Gasteiger charge is -2.17. The van der Waals surface area contributed by atoms with E-state index in [1.807, 2.05) is 0 Å². The third kappa shape index (κ3) is 9.13. The molecule has 2 aromatic heterocycles. The number of unbranched alkanes of at least 4 members (excludes halogenated alkanes) is 8. The van der Waals surface area contributed by atoms with Gasteiger partial charge in [0.25, 0.3) is 5.56 Å². The number of alkyl halides is 3. The van der Waals surface area contributed by atoms with Crippen molar-refractivity contribution in [3.05, 3.63) is 39.2 Å². The summed E-state index contributed by atoms with van der Waals surface area (Å²) in [6, 6.07) is 4.98. The Balaban J connectivity index is 1.47. The van der Waals surface area contributed by atoms with Gasteiger partial charge >= 0.3 is 6.18 Å². The molecule has 0 saturated heterocycles. The third-order valence-corrected chi connectivity index (χ3v) is 7.08. The Labute approximate surface area is 225 Å². The SMILES string of the molecule is CC(C)(C)CCCCCCCCCCCOCn1ncc2c(=O)n(CC(F)(F)F)c3cc(Br)ccc3c21. The van der Waals surface area contributed by atoms with Crippen LogP contribution in [-0.2, 0) is 18.0 Å². The lowest BCUT2D eigenvalue weighted by Crippen LogP contribution is -2.28. The number of fused-ring (bicyclic) bond motifs is 3. The van der Waals surface area contributed by atoms with Crippen LogP contribution in [0.5, 0.6) is 0 Å². The molecule has 0 aliphatic carbocycles. The molecule has 3 aromatic rings. The molecule has 206 valence electrons. The second-order valence-electron chi connectivity index (χ2n) is 11.1. The molecule has 0 radical (unpaired) electrons. The van der Waals surface area contributed by atoms with Gasteiger partial charge < -0.3 is 4.74 Å². The first-order valence-electron chi connectivity index (χ1n) is 13.3. The first-order valence-corrected chi connectivity index (χ1v) is 14.1. The van der Waals surface area contributed by atoms with Crippen molar-refractivity contribution in [2.24, 2.45) is 5.41 Å². The van der Waals surface area contributed by atoms with Crippen LogP contribution in [-0.4, -0.2) is 27.1 Å². The van der Waals surface area contributed by atoms with E-state index in [-0.39, 0.29) is 17.6 Å². The van der Waals surface area contributed by atoms with Crippen LogP contribution >= 0.6 is 15.9 Å². The molecule has 5 nitrogen and oxygen atoms in total. The first kappa shape index (κ1) is 29.7. The van der Waals surface area contributed by atoms with Gasteiger partial charge in [-0.2, -0.15) is 18.3 Å². The molecule has 0 atom stereocenters. The number of hydrogen-bond acceptors (Lipinski definition) is 3. The van der Waals surface area contributed by atoms with Gasteiger partial charge in [-0.1, -0.05) is 88.1 Å². The van der Waals surface area contributed by atoms with Crippen LogP contribution in [0.2, 0.25) is 0 Å². The van der Waals surface area contributed by atoms with Gasteiger partial charge in [0, 0.05) is 16.5 Å². The Morgan fingerprint density at radius 1 is 0.919 bits per heavy atom. The van der Waals surface area contributed by atoms with Gasteiger partial charge in [-0.3, -0.25) is 9.36 Å². The van der Waals surface area contributed by atoms with Gasteiger partial charge in [-0.25, -0.2) is 4.68 Å². The van der Waals surface area contributed by atoms with Gasteiger partial charge in [0.15, 0.2) is 0 Å². The summed E-state index contributed by atoms with van der Waals surface area (Å²) < 4.78 is 48.3. The lowest BCUT2D eigenvalue weighted by molar-refractivity contribution is -0.140. The van der Waals surface area contributed by atoms with Crippen LogP contribution in [0.4, 0.5) is 13.2 Å². The minimum atomic E-state index is -4.52. The number of rotatable bonds is 14. The molecule has 37 heavy (non-hydrogen) atoms. The molecule has 0 saturated carbocycles. The first-order chi connectivity index (χ1) is 17.5. The molecule has 0 N–H and O–H groups in total. The van der Waals surface area contributed by atoms with E-state index in [0.717, 1.165) is 17.4 Å². The van der Waals surface area contributed by atoms with E-state index in [4.69, 9.17) is 4.74 Å². The largest absolute Gasteiger partial charge is 0.406 e. The van der Waals surface area contributed by atoms with Gasteiger partial charge in [0.05, 0.1) is 22.6 Å². The maximum atomic E-state index is 13.2. The van der Waals surface area contributed by atoms with E-state index in [2.05, 4.69) is 41.8 Å². The molecule has 0 fully saturated rings. The Morgan fingerprint density at radius 3 is 2.16 bits per heavy atom. The molecule has 0 amide bonds. The minimum absolute atomic E-state index is 0.145. The number of pyridine rings is 1. The highest BCUT2D eigenvalue weighted by molar-refractivity contribution is 9.10. The van der Waals surface area contributed by atoms with Crippen molar-refractivity contribution in [3.8, 4) is 0 Å². The zero-order valence-electron chi connectivity index (χ0n) is 22.2. The number of halogens is 4. The van der Waals surface area contributed by atoms with Crippen molar-refractivity contribution >= 4 is 37.7 Å². The predicted molar refractivity (Wildman–Crippen MR) is 147 cm³/mol. The van der Waals surface area contributed by atoms with Crippen LogP contribution in [0.15, 0.2) is 33.7 Å². The normalized spacial score (nSPS) is 12.7. The van der Waals surface area contributed by atoms with E-state index in [1.54, 1.807) is 16.8 Å². The molecule has 1 aromatic carbocycles. The molecule has 3 rings (SSSR count). The number of benzene rings is 1. The van der Waals surface area contributed by atoms with Crippen molar-refractivity contribution in [2.75, 3.05) is 6.61 Å². The van der Waals surface area contributed by atoms with Crippen molar-refractivity contribution in [1.29, 1.82) is 0 Å². The maximum absolute atomic E-state index is 13.2. The second kappa shape index (κ2) is 13.3. The molecule has 0 aliphatic heterocycles. The summed E-state index contributed by atoms with van der Waals surface area (Å²) in [6.45, 7) is 6.26. The number of nitrogens with zero attached hydrogens (tertiary/aromatic N) is 3. The van der Waals surface area contributed by atoms with Gasteiger partial charge in [-0.05, 0) is 36.5 Å². The van der Waals surface area contributed by atoms with Crippen LogP contribution in [0.3, 0.4) is 0 Å². The van der Waals surface area contributed by atoms with Crippen molar-refractivity contribution in [3.63, 3.8) is 0 Å². The molecular weight excluding hydrogens is 547 g/mol. The van der Waals surface area contributed by atoms with Crippen molar-refractivity contribution < 1.29 is 17.9 Å². The smallest absolute Gasteiger partial charge is 0.359 e. The van der Waals surface area contributed by atoms with Crippen LogP contribution in [0.1, 0.15) is 85.0 Å². The van der Waals surface area contributed by atoms with Crippen molar-refractivity contribution in [1.82, 2.24) is 14.3 Å². The highest BCUT2D eigenvalue weighted by Gasteiger charge is 2.30.